The van der Waals surface area contributed by atoms with Gasteiger partial charge in [-0.25, -0.2) is 4.98 Å². The average molecular weight is 590 g/mol. The topological polar surface area (TPSA) is 164 Å². The molecule has 7 rings (SSSR count). The molecule has 0 radical (unpaired) electrons. The van der Waals surface area contributed by atoms with Crippen molar-refractivity contribution in [3.8, 4) is 0 Å². The largest absolute Gasteiger partial charge is 0.387 e. The van der Waals surface area contributed by atoms with Crippen LogP contribution in [0, 0.1) is 0 Å². The fraction of sp³-hybridized carbons (Fsp3) is 0.586. The van der Waals surface area contributed by atoms with E-state index in [1.165, 1.54) is 29.6 Å². The number of imidazole rings is 1. The van der Waals surface area contributed by atoms with Crippen LogP contribution in [0.5, 0.6) is 0 Å². The maximum atomic E-state index is 11.1. The number of aromatic nitrogens is 8. The van der Waals surface area contributed by atoms with E-state index < -0.39 is 24.5 Å². The number of aryl methyl sites for hydroxylation is 1. The normalized spacial score (nSPS) is 26.8. The molecule has 14 heteroatoms. The number of hydrogen-bond acceptors (Lipinski definition) is 12. The van der Waals surface area contributed by atoms with Gasteiger partial charge in [0.1, 0.15) is 12.2 Å². The second kappa shape index (κ2) is 12.1. The molecule has 0 bridgehead atoms. The number of likely N-dealkylation sites (tertiary alicyclic amines) is 1. The monoisotopic (exact) mass is 589 g/mol. The number of hydrogen-bond donors (Lipinski definition) is 4. The molecular formula is C29H39N11O3. The van der Waals surface area contributed by atoms with Gasteiger partial charge in [0.25, 0.3) is 0 Å². The van der Waals surface area contributed by atoms with Crippen LogP contribution >= 0.6 is 0 Å². The molecule has 0 amide bonds. The van der Waals surface area contributed by atoms with Crippen LogP contribution in [0.2, 0.25) is 0 Å². The number of aliphatic hydroxyl groups is 2. The molecule has 4 aromatic rings. The van der Waals surface area contributed by atoms with E-state index in [1.807, 2.05) is 13.0 Å². The minimum atomic E-state index is -1.25. The number of anilines is 2. The highest BCUT2D eigenvalue weighted by Gasteiger charge is 2.47. The Morgan fingerprint density at radius 1 is 0.977 bits per heavy atom. The number of nitrogens with one attached hydrogen (secondary N) is 2. The molecule has 0 spiro atoms. The van der Waals surface area contributed by atoms with Gasteiger partial charge >= 0.3 is 0 Å². The maximum Gasteiger partial charge on any atom is 0.227 e. The number of fused-ring (bicyclic) bond motifs is 1. The number of rotatable bonds is 9. The van der Waals surface area contributed by atoms with E-state index >= 15 is 0 Å². The Hall–Kier alpha value is -3.72. The molecule has 4 N–H and O–H groups in total. The first-order valence-corrected chi connectivity index (χ1v) is 15.4. The van der Waals surface area contributed by atoms with E-state index in [-0.39, 0.29) is 11.9 Å². The summed E-state index contributed by atoms with van der Waals surface area (Å²) < 4.78 is 7.82. The number of aliphatic hydroxyl groups excluding tert-OH is 2. The third kappa shape index (κ3) is 5.79. The maximum absolute atomic E-state index is 11.1. The average Bonchev–Trinajstić information content (AvgIpc) is 3.82. The standard InChI is InChI=1S/C29H39N11O3/c1-2-40-36-26(35-37-40)24-22(41)23(42)28(43-24)39-17-30-21-25(31-19-11-7-4-8-12-19)33-29(34-27(21)39)32-20-13-14-38(16-20)15-18-9-5-3-6-10-18/h3,5-6,9-10,17,19-20,22-24,28,41-42H,2,4,7-8,11-16H2,1H3,(H2,31,32,33,34)/t20?,22-,23+,24-,28+/m0/s1. The third-order valence-corrected chi connectivity index (χ3v) is 8.74. The lowest BCUT2D eigenvalue weighted by Crippen LogP contribution is -2.29. The van der Waals surface area contributed by atoms with E-state index in [1.54, 1.807) is 10.9 Å². The van der Waals surface area contributed by atoms with Crippen LogP contribution in [0.15, 0.2) is 36.7 Å². The van der Waals surface area contributed by atoms with Crippen molar-refractivity contribution in [3.05, 3.63) is 48.0 Å². The fourth-order valence-corrected chi connectivity index (χ4v) is 6.43. The highest BCUT2D eigenvalue weighted by Crippen LogP contribution is 2.39. The highest BCUT2D eigenvalue weighted by molar-refractivity contribution is 5.84. The Morgan fingerprint density at radius 3 is 2.60 bits per heavy atom. The molecule has 1 aliphatic carbocycles. The van der Waals surface area contributed by atoms with Crippen molar-refractivity contribution in [3.63, 3.8) is 0 Å². The van der Waals surface area contributed by atoms with Gasteiger partial charge in [0.15, 0.2) is 29.3 Å². The molecule has 2 aliphatic heterocycles. The van der Waals surface area contributed by atoms with E-state index in [9.17, 15) is 10.2 Å². The summed E-state index contributed by atoms with van der Waals surface area (Å²) in [4.78, 5) is 18.3. The number of tetrazole rings is 1. The molecule has 1 aromatic carbocycles. The molecule has 5 atom stereocenters. The predicted molar refractivity (Wildman–Crippen MR) is 158 cm³/mol. The van der Waals surface area contributed by atoms with Crippen molar-refractivity contribution in [1.82, 2.24) is 44.6 Å². The summed E-state index contributed by atoms with van der Waals surface area (Å²) in [6.45, 7) is 5.19. The summed E-state index contributed by atoms with van der Waals surface area (Å²) in [5.74, 6) is 1.38. The summed E-state index contributed by atoms with van der Waals surface area (Å²) in [5.41, 5.74) is 2.40. The van der Waals surface area contributed by atoms with Crippen LogP contribution in [-0.2, 0) is 17.8 Å². The van der Waals surface area contributed by atoms with Crippen molar-refractivity contribution in [2.45, 2.75) is 95.2 Å². The molecule has 43 heavy (non-hydrogen) atoms. The zero-order valence-electron chi connectivity index (χ0n) is 24.3. The summed E-state index contributed by atoms with van der Waals surface area (Å²) >= 11 is 0. The Bertz CT molecular complexity index is 1520. The quantitative estimate of drug-likeness (QED) is 0.225. The van der Waals surface area contributed by atoms with Gasteiger partial charge in [-0.2, -0.15) is 14.8 Å². The van der Waals surface area contributed by atoms with E-state index in [2.05, 4.69) is 60.2 Å². The molecule has 3 aromatic heterocycles. The Labute approximate surface area is 249 Å². The highest BCUT2D eigenvalue weighted by atomic mass is 16.6. The van der Waals surface area contributed by atoms with Crippen LogP contribution in [0.4, 0.5) is 11.8 Å². The van der Waals surface area contributed by atoms with Gasteiger partial charge in [-0.3, -0.25) is 9.47 Å². The van der Waals surface area contributed by atoms with Crippen molar-refractivity contribution in [2.24, 2.45) is 0 Å². The number of benzene rings is 1. The predicted octanol–water partition coefficient (Wildman–Crippen LogP) is 2.26. The number of nitrogens with zero attached hydrogens (tertiary/aromatic N) is 9. The summed E-state index contributed by atoms with van der Waals surface area (Å²) in [7, 11) is 0. The van der Waals surface area contributed by atoms with Gasteiger partial charge in [-0.15, -0.1) is 10.2 Å². The van der Waals surface area contributed by atoms with Gasteiger partial charge in [-0.1, -0.05) is 49.6 Å². The first kappa shape index (κ1) is 28.1. The van der Waals surface area contributed by atoms with Gasteiger partial charge in [0, 0.05) is 31.7 Å². The molecule has 228 valence electrons. The van der Waals surface area contributed by atoms with Gasteiger partial charge in [0.2, 0.25) is 11.8 Å². The SMILES string of the molecule is CCn1nnc([C@H]2O[C@@H](n3cnc4c(NC5CCCCC5)nc(NC5CCN(Cc6ccccc6)C5)nc43)[C@H](O)[C@@H]2O)n1. The zero-order chi connectivity index (χ0) is 29.3. The first-order chi connectivity index (χ1) is 21.1. The lowest BCUT2D eigenvalue weighted by molar-refractivity contribution is -0.0384. The minimum absolute atomic E-state index is 0.187. The summed E-state index contributed by atoms with van der Waals surface area (Å²) in [6, 6.07) is 11.0. The van der Waals surface area contributed by atoms with Crippen molar-refractivity contribution in [2.75, 3.05) is 23.7 Å². The van der Waals surface area contributed by atoms with E-state index in [0.29, 0.717) is 35.5 Å². The van der Waals surface area contributed by atoms with E-state index in [4.69, 9.17) is 14.7 Å². The fourth-order valence-electron chi connectivity index (χ4n) is 6.43. The molecule has 3 aliphatic rings. The molecule has 2 saturated heterocycles. The Kier molecular flexibility index (Phi) is 7.91. The summed E-state index contributed by atoms with van der Waals surface area (Å²) in [6.07, 6.45) is 3.96. The van der Waals surface area contributed by atoms with Gasteiger partial charge < -0.3 is 25.6 Å². The smallest absolute Gasteiger partial charge is 0.227 e. The van der Waals surface area contributed by atoms with Gasteiger partial charge in [0.05, 0.1) is 12.9 Å². The molecule has 1 unspecified atom stereocenters. The molecule has 14 nitrogen and oxygen atoms in total. The molecule has 5 heterocycles. The van der Waals surface area contributed by atoms with E-state index in [0.717, 1.165) is 38.9 Å². The second-order valence-electron chi connectivity index (χ2n) is 11.8. The van der Waals surface area contributed by atoms with Crippen LogP contribution in [0.1, 0.15) is 69.2 Å². The van der Waals surface area contributed by atoms with Crippen LogP contribution in [-0.4, -0.2) is 92.2 Å². The van der Waals surface area contributed by atoms with Crippen LogP contribution in [0.25, 0.3) is 11.2 Å². The third-order valence-electron chi connectivity index (χ3n) is 8.74. The lowest BCUT2D eigenvalue weighted by Gasteiger charge is -2.24. The Balaban J connectivity index is 1.16. The lowest BCUT2D eigenvalue weighted by atomic mass is 9.95. The molecular weight excluding hydrogens is 550 g/mol. The van der Waals surface area contributed by atoms with Crippen molar-refractivity contribution < 1.29 is 14.9 Å². The molecule has 1 saturated carbocycles. The first-order valence-electron chi connectivity index (χ1n) is 15.4. The van der Waals surface area contributed by atoms with Crippen LogP contribution < -0.4 is 10.6 Å². The summed E-state index contributed by atoms with van der Waals surface area (Å²) in [5, 5.41) is 41.5. The zero-order valence-corrected chi connectivity index (χ0v) is 24.3. The second-order valence-corrected chi connectivity index (χ2v) is 11.8. The van der Waals surface area contributed by atoms with Crippen LogP contribution in [0.3, 0.4) is 0 Å². The minimum Gasteiger partial charge on any atom is -0.387 e. The van der Waals surface area contributed by atoms with Gasteiger partial charge in [-0.05, 0) is 37.0 Å². The molecule has 3 fully saturated rings. The van der Waals surface area contributed by atoms with Crippen molar-refractivity contribution >= 4 is 22.9 Å². The Morgan fingerprint density at radius 2 is 1.81 bits per heavy atom. The van der Waals surface area contributed by atoms with Crippen molar-refractivity contribution in [1.29, 1.82) is 0 Å². The number of ether oxygens (including phenoxy) is 1.